The summed E-state index contributed by atoms with van der Waals surface area (Å²) in [5, 5.41) is 20.3. The van der Waals surface area contributed by atoms with E-state index in [2.05, 4.69) is 20.1 Å². The molecule has 0 radical (unpaired) electrons. The van der Waals surface area contributed by atoms with Crippen molar-refractivity contribution in [2.24, 2.45) is 10.2 Å². The molecule has 224 valence electrons. The molecule has 0 saturated carbocycles. The van der Waals surface area contributed by atoms with Crippen molar-refractivity contribution in [2.75, 3.05) is 50.8 Å². The molecule has 1 fully saturated rings. The zero-order chi connectivity index (χ0) is 30.1. The number of ether oxygens (including phenoxy) is 1. The van der Waals surface area contributed by atoms with Gasteiger partial charge in [0, 0.05) is 51.3 Å². The van der Waals surface area contributed by atoms with Gasteiger partial charge in [0.1, 0.15) is 0 Å². The fourth-order valence-electron chi connectivity index (χ4n) is 4.90. The summed E-state index contributed by atoms with van der Waals surface area (Å²) in [6.45, 7) is 6.73. The van der Waals surface area contributed by atoms with Crippen molar-refractivity contribution < 1.29 is 36.2 Å². The van der Waals surface area contributed by atoms with Gasteiger partial charge >= 0.3 is 12.4 Å². The quantitative estimate of drug-likeness (QED) is 0.301. The second-order valence-corrected chi connectivity index (χ2v) is 10.8. The average molecular weight is 612 g/mol. The third kappa shape index (κ3) is 6.60. The molecule has 2 aliphatic heterocycles. The lowest BCUT2D eigenvalue weighted by Crippen LogP contribution is -2.47. The second kappa shape index (κ2) is 12.0. The summed E-state index contributed by atoms with van der Waals surface area (Å²) in [5.74, 6) is -0.358. The Hall–Kier alpha value is -3.49. The normalized spacial score (nSPS) is 16.5. The zero-order valence-corrected chi connectivity index (χ0v) is 23.3. The predicted molar refractivity (Wildman–Crippen MR) is 146 cm³/mol. The monoisotopic (exact) mass is 611 g/mol. The Labute approximate surface area is 241 Å². The fraction of sp³-hybridized carbons (Fsp3) is 0.393. The number of hydrogen-bond donors (Lipinski definition) is 1. The Morgan fingerprint density at radius 3 is 2.45 bits per heavy atom. The molecule has 1 saturated heterocycles. The van der Waals surface area contributed by atoms with Crippen LogP contribution in [0.5, 0.6) is 5.88 Å². The first-order valence-corrected chi connectivity index (χ1v) is 14.0. The molecular weight excluding hydrogens is 584 g/mol. The van der Waals surface area contributed by atoms with Gasteiger partial charge < -0.3 is 14.7 Å². The number of anilines is 1. The van der Waals surface area contributed by atoms with Crippen LogP contribution in [0.25, 0.3) is 5.57 Å². The number of fused-ring (bicyclic) bond motifs is 1. The van der Waals surface area contributed by atoms with Crippen molar-refractivity contribution in [1.29, 1.82) is 0 Å². The number of thiazole rings is 1. The SMILES string of the molecule is CCOCCN1CCN(c2nc(O)c(C(Cc3ccc(C(F)(F)F)cc3C(F)(F)F)=c3ccc4c(c3)C=NN=4)s2)CC1. The van der Waals surface area contributed by atoms with Crippen LogP contribution in [0.15, 0.2) is 46.6 Å². The van der Waals surface area contributed by atoms with Crippen LogP contribution in [-0.2, 0) is 23.5 Å². The van der Waals surface area contributed by atoms with E-state index in [0.717, 1.165) is 37.0 Å². The largest absolute Gasteiger partial charge is 0.492 e. The summed E-state index contributed by atoms with van der Waals surface area (Å²) in [4.78, 5) is 8.82. The smallest absolute Gasteiger partial charge is 0.416 e. The van der Waals surface area contributed by atoms with Crippen LogP contribution in [0.2, 0.25) is 0 Å². The molecular formula is C28H27F6N5O2S. The number of aromatic hydroxyl groups is 1. The molecule has 0 unspecified atom stereocenters. The van der Waals surface area contributed by atoms with Gasteiger partial charge in [-0.15, -0.1) is 0 Å². The van der Waals surface area contributed by atoms with Crippen molar-refractivity contribution in [3.63, 3.8) is 0 Å². The van der Waals surface area contributed by atoms with E-state index in [0.29, 0.717) is 59.2 Å². The highest BCUT2D eigenvalue weighted by Crippen LogP contribution is 2.41. The van der Waals surface area contributed by atoms with Crippen molar-refractivity contribution in [3.8, 4) is 5.88 Å². The van der Waals surface area contributed by atoms with Crippen LogP contribution in [0, 0.1) is 0 Å². The third-order valence-electron chi connectivity index (χ3n) is 7.12. The van der Waals surface area contributed by atoms with Gasteiger partial charge in [-0.25, -0.2) is 0 Å². The van der Waals surface area contributed by atoms with Crippen molar-refractivity contribution in [3.05, 3.63) is 74.1 Å². The fourth-order valence-corrected chi connectivity index (χ4v) is 5.97. The Balaban J connectivity index is 1.53. The van der Waals surface area contributed by atoms with Gasteiger partial charge in [-0.2, -0.15) is 41.5 Å². The summed E-state index contributed by atoms with van der Waals surface area (Å²) in [6, 6.07) is 6.58. The maximum atomic E-state index is 14.0. The summed E-state index contributed by atoms with van der Waals surface area (Å²) in [7, 11) is 0. The molecule has 3 aromatic rings. The minimum Gasteiger partial charge on any atom is -0.492 e. The van der Waals surface area contributed by atoms with E-state index in [-0.39, 0.29) is 22.4 Å². The first kappa shape index (κ1) is 30.0. The number of hydrogen-bond acceptors (Lipinski definition) is 8. The van der Waals surface area contributed by atoms with Gasteiger partial charge in [0.15, 0.2) is 5.13 Å². The highest BCUT2D eigenvalue weighted by Gasteiger charge is 2.38. The van der Waals surface area contributed by atoms with Crippen molar-refractivity contribution >= 4 is 28.3 Å². The summed E-state index contributed by atoms with van der Waals surface area (Å²) in [6.07, 6.45) is -8.88. The van der Waals surface area contributed by atoms with Gasteiger partial charge in [-0.3, -0.25) is 4.90 Å². The first-order valence-electron chi connectivity index (χ1n) is 13.2. The zero-order valence-electron chi connectivity index (χ0n) is 22.5. The molecule has 7 nitrogen and oxygen atoms in total. The number of alkyl halides is 6. The molecule has 42 heavy (non-hydrogen) atoms. The molecule has 1 N–H and O–H groups in total. The van der Waals surface area contributed by atoms with E-state index in [4.69, 9.17) is 4.74 Å². The maximum Gasteiger partial charge on any atom is 0.416 e. The van der Waals surface area contributed by atoms with Gasteiger partial charge in [-0.05, 0) is 47.5 Å². The van der Waals surface area contributed by atoms with Gasteiger partial charge in [0.05, 0.1) is 34.2 Å². The Morgan fingerprint density at radius 2 is 1.76 bits per heavy atom. The molecule has 5 rings (SSSR count). The summed E-state index contributed by atoms with van der Waals surface area (Å²) in [5.41, 5.74) is -2.22. The molecule has 3 heterocycles. The third-order valence-corrected chi connectivity index (χ3v) is 8.28. The van der Waals surface area contributed by atoms with Crippen molar-refractivity contribution in [1.82, 2.24) is 9.88 Å². The van der Waals surface area contributed by atoms with E-state index in [9.17, 15) is 31.4 Å². The molecule has 14 heteroatoms. The molecule has 0 spiro atoms. The molecule has 0 amide bonds. The minimum absolute atomic E-state index is 0.129. The van der Waals surface area contributed by atoms with E-state index in [1.54, 1.807) is 18.2 Å². The van der Waals surface area contributed by atoms with E-state index < -0.39 is 29.9 Å². The average Bonchev–Trinajstić information content (AvgIpc) is 3.57. The standard InChI is InChI=1S/C28H27F6N5O2S/c1-2-41-12-11-38-7-9-39(10-8-38)26-36-25(40)24(42-26)21(17-4-6-23-19(13-17)16-35-37-23)14-18-3-5-20(27(29,30)31)15-22(18)28(32,33)34/h3-6,13,15-16,40H,2,7-12,14H2,1H3. The van der Waals surface area contributed by atoms with Crippen LogP contribution in [0.4, 0.5) is 31.5 Å². The first-order chi connectivity index (χ1) is 19.9. The maximum absolute atomic E-state index is 14.0. The Kier molecular flexibility index (Phi) is 8.58. The number of benzene rings is 2. The van der Waals surface area contributed by atoms with Crippen LogP contribution >= 0.6 is 11.3 Å². The van der Waals surface area contributed by atoms with Crippen LogP contribution in [0.3, 0.4) is 0 Å². The Bertz CT molecular complexity index is 1590. The van der Waals surface area contributed by atoms with Crippen molar-refractivity contribution in [2.45, 2.75) is 25.7 Å². The number of halogens is 6. The van der Waals surface area contributed by atoms with E-state index in [1.807, 2.05) is 11.8 Å². The lowest BCUT2D eigenvalue weighted by Gasteiger charge is -2.34. The van der Waals surface area contributed by atoms with Gasteiger partial charge in [0.2, 0.25) is 5.88 Å². The number of piperazine rings is 1. The molecule has 0 atom stereocenters. The predicted octanol–water partition coefficient (Wildman–Crippen LogP) is 4.45. The number of rotatable bonds is 8. The molecule has 0 bridgehead atoms. The molecule has 2 aliphatic rings. The molecule has 1 aromatic heterocycles. The van der Waals surface area contributed by atoms with E-state index in [1.165, 1.54) is 6.21 Å². The summed E-state index contributed by atoms with van der Waals surface area (Å²) >= 11 is 1.13. The highest BCUT2D eigenvalue weighted by molar-refractivity contribution is 7.17. The minimum atomic E-state index is -5.03. The molecule has 2 aromatic carbocycles. The van der Waals surface area contributed by atoms with Crippen LogP contribution in [-0.4, -0.2) is 67.1 Å². The van der Waals surface area contributed by atoms with Gasteiger partial charge in [0.25, 0.3) is 0 Å². The highest BCUT2D eigenvalue weighted by atomic mass is 32.1. The Morgan fingerprint density at radius 1 is 1.00 bits per heavy atom. The van der Waals surface area contributed by atoms with E-state index >= 15 is 0 Å². The topological polar surface area (TPSA) is 73.5 Å². The van der Waals surface area contributed by atoms with Gasteiger partial charge in [-0.1, -0.05) is 23.5 Å². The summed E-state index contributed by atoms with van der Waals surface area (Å²) < 4.78 is 87.4. The number of nitrogens with zero attached hydrogens (tertiary/aromatic N) is 5. The lowest BCUT2D eigenvalue weighted by molar-refractivity contribution is -0.143. The number of aromatic nitrogens is 1. The van der Waals surface area contributed by atoms with Crippen LogP contribution < -0.4 is 15.5 Å². The lowest BCUT2D eigenvalue weighted by atomic mass is 9.94. The second-order valence-electron chi connectivity index (χ2n) is 9.82. The molecule has 0 aliphatic carbocycles. The van der Waals surface area contributed by atoms with Crippen LogP contribution in [0.1, 0.15) is 34.1 Å².